The number of carbonyl (C=O) groups excluding carboxylic acids is 2. The minimum Gasteiger partial charge on any atom is -0.481 e. The Labute approximate surface area is 200 Å². The van der Waals surface area contributed by atoms with Crippen LogP contribution in [0.25, 0.3) is 11.1 Å². The van der Waals surface area contributed by atoms with E-state index >= 15 is 0 Å². The fourth-order valence-electron chi connectivity index (χ4n) is 4.15. The van der Waals surface area contributed by atoms with Crippen LogP contribution >= 0.6 is 0 Å². The van der Waals surface area contributed by atoms with Gasteiger partial charge in [0.05, 0.1) is 12.3 Å². The Balaban J connectivity index is 1.66. The second-order valence-electron chi connectivity index (χ2n) is 8.44. The van der Waals surface area contributed by atoms with Crippen LogP contribution in [0.1, 0.15) is 37.3 Å². The largest absolute Gasteiger partial charge is 0.481 e. The van der Waals surface area contributed by atoms with Gasteiger partial charge in [-0.15, -0.1) is 0 Å². The molecular formula is C25H27F3N2O5. The number of amides is 2. The molecule has 3 rings (SSSR count). The summed E-state index contributed by atoms with van der Waals surface area (Å²) in [5.74, 6) is -3.35. The van der Waals surface area contributed by atoms with Crippen molar-refractivity contribution in [2.75, 3.05) is 19.7 Å². The summed E-state index contributed by atoms with van der Waals surface area (Å²) in [5, 5.41) is 10.8. The van der Waals surface area contributed by atoms with Gasteiger partial charge in [0.1, 0.15) is 12.6 Å². The lowest BCUT2D eigenvalue weighted by atomic mass is 9.98. The predicted octanol–water partition coefficient (Wildman–Crippen LogP) is 4.42. The van der Waals surface area contributed by atoms with Crippen molar-refractivity contribution in [1.29, 1.82) is 0 Å². The van der Waals surface area contributed by atoms with Crippen LogP contribution in [0.15, 0.2) is 48.5 Å². The van der Waals surface area contributed by atoms with Crippen LogP contribution in [0.2, 0.25) is 0 Å². The molecule has 2 aromatic rings. The van der Waals surface area contributed by atoms with E-state index in [2.05, 4.69) is 0 Å². The lowest BCUT2D eigenvalue weighted by molar-refractivity contribution is -0.163. The molecule has 0 spiro atoms. The van der Waals surface area contributed by atoms with Gasteiger partial charge in [0.15, 0.2) is 0 Å². The molecule has 0 aliphatic heterocycles. The smallest absolute Gasteiger partial charge is 0.409 e. The average molecular weight is 492 g/mol. The molecule has 0 heterocycles. The molecule has 0 fully saturated rings. The standard InChI is InChI=1S/C25H27F3N2O5/c1-3-30(13-15(2)23(32)33)22(31)12-21(25(26,27)28)29-24(34)35-14-20-18-10-6-4-8-16(18)17-9-5-7-11-19(17)20/h4-11,15,20-21H,3,12-14H2,1-2H3,(H,29,34)(H,32,33). The van der Waals surface area contributed by atoms with Crippen LogP contribution in [-0.4, -0.2) is 59.9 Å². The number of hydrogen-bond acceptors (Lipinski definition) is 4. The quantitative estimate of drug-likeness (QED) is 0.541. The Bertz CT molecular complexity index is 1040. The van der Waals surface area contributed by atoms with E-state index < -0.39 is 42.5 Å². The van der Waals surface area contributed by atoms with Gasteiger partial charge in [-0.05, 0) is 29.2 Å². The van der Waals surface area contributed by atoms with Gasteiger partial charge in [-0.25, -0.2) is 4.79 Å². The number of nitrogens with zero attached hydrogens (tertiary/aromatic N) is 1. The molecule has 0 saturated heterocycles. The number of ether oxygens (including phenoxy) is 1. The molecule has 2 aromatic carbocycles. The molecule has 2 N–H and O–H groups in total. The van der Waals surface area contributed by atoms with Crippen LogP contribution in [0, 0.1) is 5.92 Å². The Morgan fingerprint density at radius 3 is 2.09 bits per heavy atom. The number of fused-ring (bicyclic) bond motifs is 3. The number of benzene rings is 2. The minimum atomic E-state index is -4.90. The van der Waals surface area contributed by atoms with Crippen LogP contribution in [-0.2, 0) is 14.3 Å². The summed E-state index contributed by atoms with van der Waals surface area (Å²) in [7, 11) is 0. The van der Waals surface area contributed by atoms with E-state index in [-0.39, 0.29) is 25.6 Å². The van der Waals surface area contributed by atoms with Gasteiger partial charge < -0.3 is 20.1 Å². The lowest BCUT2D eigenvalue weighted by Crippen LogP contribution is -2.49. The Morgan fingerprint density at radius 1 is 1.06 bits per heavy atom. The van der Waals surface area contributed by atoms with Gasteiger partial charge in [-0.3, -0.25) is 9.59 Å². The van der Waals surface area contributed by atoms with Gasteiger partial charge in [0.2, 0.25) is 5.91 Å². The highest BCUT2D eigenvalue weighted by atomic mass is 19.4. The third kappa shape index (κ3) is 6.12. The number of rotatable bonds is 9. The van der Waals surface area contributed by atoms with E-state index in [0.717, 1.165) is 27.2 Å². The van der Waals surface area contributed by atoms with Crippen LogP contribution in [0.4, 0.5) is 18.0 Å². The Morgan fingerprint density at radius 2 is 1.60 bits per heavy atom. The molecular weight excluding hydrogens is 465 g/mol. The second kappa shape index (κ2) is 10.8. The van der Waals surface area contributed by atoms with Crippen molar-refractivity contribution in [2.24, 2.45) is 5.92 Å². The van der Waals surface area contributed by atoms with Crippen LogP contribution < -0.4 is 5.32 Å². The highest BCUT2D eigenvalue weighted by Gasteiger charge is 2.43. The van der Waals surface area contributed by atoms with Crippen LogP contribution in [0.3, 0.4) is 0 Å². The first-order valence-corrected chi connectivity index (χ1v) is 11.2. The Kier molecular flexibility index (Phi) is 8.03. The summed E-state index contributed by atoms with van der Waals surface area (Å²) < 4.78 is 46.0. The highest BCUT2D eigenvalue weighted by molar-refractivity contribution is 5.80. The van der Waals surface area contributed by atoms with Gasteiger partial charge in [-0.2, -0.15) is 13.2 Å². The molecule has 7 nitrogen and oxygen atoms in total. The monoisotopic (exact) mass is 492 g/mol. The molecule has 35 heavy (non-hydrogen) atoms. The molecule has 2 atom stereocenters. The van der Waals surface area contributed by atoms with E-state index in [4.69, 9.17) is 9.84 Å². The number of halogens is 3. The average Bonchev–Trinajstić information content (AvgIpc) is 3.13. The molecule has 188 valence electrons. The normalized spacial score (nSPS) is 14.4. The zero-order valence-corrected chi connectivity index (χ0v) is 19.3. The summed E-state index contributed by atoms with van der Waals surface area (Å²) >= 11 is 0. The van der Waals surface area contributed by atoms with E-state index in [0.29, 0.717) is 0 Å². The summed E-state index contributed by atoms with van der Waals surface area (Å²) in [6.07, 6.45) is -7.25. The summed E-state index contributed by atoms with van der Waals surface area (Å²) in [4.78, 5) is 36.9. The summed E-state index contributed by atoms with van der Waals surface area (Å²) in [5.41, 5.74) is 3.78. The van der Waals surface area contributed by atoms with Gasteiger partial charge in [0.25, 0.3) is 0 Å². The zero-order valence-electron chi connectivity index (χ0n) is 19.3. The molecule has 2 unspecified atom stereocenters. The van der Waals surface area contributed by atoms with Crippen molar-refractivity contribution in [1.82, 2.24) is 10.2 Å². The Hall–Kier alpha value is -3.56. The molecule has 1 aliphatic rings. The fourth-order valence-corrected chi connectivity index (χ4v) is 4.15. The number of alkyl carbamates (subject to hydrolysis) is 1. The summed E-state index contributed by atoms with van der Waals surface area (Å²) in [6, 6.07) is 12.6. The van der Waals surface area contributed by atoms with Gasteiger partial charge in [0, 0.05) is 19.0 Å². The lowest BCUT2D eigenvalue weighted by Gasteiger charge is -2.27. The van der Waals surface area contributed by atoms with Crippen molar-refractivity contribution in [3.63, 3.8) is 0 Å². The minimum absolute atomic E-state index is 0.0337. The van der Waals surface area contributed by atoms with Crippen molar-refractivity contribution < 1.29 is 37.4 Å². The number of aliphatic carboxylic acids is 1. The van der Waals surface area contributed by atoms with E-state index in [9.17, 15) is 27.6 Å². The maximum Gasteiger partial charge on any atom is 0.409 e. The number of alkyl halides is 3. The molecule has 0 aromatic heterocycles. The molecule has 0 saturated carbocycles. The fraction of sp³-hybridized carbons (Fsp3) is 0.400. The van der Waals surface area contributed by atoms with Crippen LogP contribution in [0.5, 0.6) is 0 Å². The maximum absolute atomic E-state index is 13.6. The van der Waals surface area contributed by atoms with Crippen molar-refractivity contribution >= 4 is 18.0 Å². The predicted molar refractivity (Wildman–Crippen MR) is 122 cm³/mol. The second-order valence-corrected chi connectivity index (χ2v) is 8.44. The topological polar surface area (TPSA) is 95.9 Å². The van der Waals surface area contributed by atoms with E-state index in [1.807, 2.05) is 48.5 Å². The molecule has 2 amide bonds. The number of carbonyl (C=O) groups is 3. The summed E-state index contributed by atoms with van der Waals surface area (Å²) in [6.45, 7) is 2.52. The molecule has 10 heteroatoms. The number of nitrogens with one attached hydrogen (secondary N) is 1. The molecule has 0 bridgehead atoms. The first-order chi connectivity index (χ1) is 16.5. The van der Waals surface area contributed by atoms with Gasteiger partial charge in [-0.1, -0.05) is 55.5 Å². The number of carboxylic acids is 1. The first kappa shape index (κ1) is 26.1. The van der Waals surface area contributed by atoms with Crippen molar-refractivity contribution in [2.45, 2.75) is 38.4 Å². The van der Waals surface area contributed by atoms with E-state index in [1.165, 1.54) is 13.8 Å². The third-order valence-corrected chi connectivity index (χ3v) is 6.06. The van der Waals surface area contributed by atoms with Crippen molar-refractivity contribution in [3.8, 4) is 11.1 Å². The molecule has 0 radical (unpaired) electrons. The zero-order chi connectivity index (χ0) is 25.8. The maximum atomic E-state index is 13.6. The number of hydrogen-bond donors (Lipinski definition) is 2. The first-order valence-electron chi connectivity index (χ1n) is 11.2. The third-order valence-electron chi connectivity index (χ3n) is 6.06. The van der Waals surface area contributed by atoms with Gasteiger partial charge >= 0.3 is 18.2 Å². The number of carboxylic acid groups (broad SMARTS) is 1. The van der Waals surface area contributed by atoms with E-state index in [1.54, 1.807) is 5.32 Å². The van der Waals surface area contributed by atoms with Crippen molar-refractivity contribution in [3.05, 3.63) is 59.7 Å². The highest BCUT2D eigenvalue weighted by Crippen LogP contribution is 2.44. The SMILES string of the molecule is CCN(CC(C)C(=O)O)C(=O)CC(NC(=O)OCC1c2ccccc2-c2ccccc21)C(F)(F)F. The molecule has 1 aliphatic carbocycles.